The monoisotopic (exact) mass is 281 g/mol. The summed E-state index contributed by atoms with van der Waals surface area (Å²) in [7, 11) is 1.97. The zero-order valence-electron chi connectivity index (χ0n) is 12.4. The minimum atomic E-state index is 0.573. The van der Waals surface area contributed by atoms with Crippen LogP contribution in [-0.2, 0) is 13.5 Å². The Morgan fingerprint density at radius 2 is 2.14 bits per heavy atom. The van der Waals surface area contributed by atoms with Crippen LogP contribution in [0.2, 0.25) is 0 Å². The van der Waals surface area contributed by atoms with Gasteiger partial charge in [0.05, 0.1) is 22.4 Å². The number of fused-ring (bicyclic) bond motifs is 1. The maximum atomic E-state index is 5.91. The molecule has 5 nitrogen and oxygen atoms in total. The number of nitrogens with two attached hydrogens (primary N) is 1. The molecule has 2 heterocycles. The molecule has 1 saturated carbocycles. The summed E-state index contributed by atoms with van der Waals surface area (Å²) in [6.45, 7) is 2.14. The van der Waals surface area contributed by atoms with Crippen molar-refractivity contribution in [2.75, 3.05) is 5.73 Å². The van der Waals surface area contributed by atoms with Crippen molar-refractivity contribution in [2.45, 2.75) is 32.1 Å². The van der Waals surface area contributed by atoms with Gasteiger partial charge >= 0.3 is 0 Å². The van der Waals surface area contributed by atoms with E-state index in [4.69, 9.17) is 10.7 Å². The summed E-state index contributed by atoms with van der Waals surface area (Å²) in [5, 5.41) is 4.57. The molecule has 0 aliphatic heterocycles. The van der Waals surface area contributed by atoms with E-state index in [9.17, 15) is 0 Å². The van der Waals surface area contributed by atoms with Crippen LogP contribution in [0.15, 0.2) is 24.4 Å². The number of rotatable bonds is 3. The molecule has 0 radical (unpaired) electrons. The van der Waals surface area contributed by atoms with E-state index in [2.05, 4.69) is 28.9 Å². The van der Waals surface area contributed by atoms with Crippen LogP contribution in [0.3, 0.4) is 0 Å². The Morgan fingerprint density at radius 3 is 2.86 bits per heavy atom. The molecule has 21 heavy (non-hydrogen) atoms. The fourth-order valence-electron chi connectivity index (χ4n) is 2.95. The van der Waals surface area contributed by atoms with Gasteiger partial charge in [-0.15, -0.1) is 0 Å². The summed E-state index contributed by atoms with van der Waals surface area (Å²) in [6.07, 6.45) is 5.44. The van der Waals surface area contributed by atoms with Gasteiger partial charge in [0, 0.05) is 24.8 Å². The fraction of sp³-hybridized carbons (Fsp3) is 0.375. The minimum Gasteiger partial charge on any atom is -0.399 e. The molecular weight excluding hydrogens is 262 g/mol. The molecule has 0 bridgehead atoms. The number of aryl methyl sites for hydroxylation is 2. The zero-order valence-corrected chi connectivity index (χ0v) is 12.4. The van der Waals surface area contributed by atoms with Gasteiger partial charge in [-0.3, -0.25) is 9.25 Å². The Labute approximate surface area is 123 Å². The van der Waals surface area contributed by atoms with Gasteiger partial charge in [0.15, 0.2) is 0 Å². The summed E-state index contributed by atoms with van der Waals surface area (Å²) in [5.74, 6) is 1.72. The highest BCUT2D eigenvalue weighted by atomic mass is 15.3. The maximum Gasteiger partial charge on any atom is 0.117 e. The van der Waals surface area contributed by atoms with Crippen molar-refractivity contribution in [1.82, 2.24) is 19.3 Å². The molecule has 1 fully saturated rings. The van der Waals surface area contributed by atoms with Crippen LogP contribution in [0, 0.1) is 0 Å². The Kier molecular flexibility index (Phi) is 2.58. The molecule has 0 atom stereocenters. The smallest absolute Gasteiger partial charge is 0.117 e. The number of aromatic nitrogens is 4. The lowest BCUT2D eigenvalue weighted by Crippen LogP contribution is -2.01. The van der Waals surface area contributed by atoms with Gasteiger partial charge in [-0.25, -0.2) is 4.98 Å². The zero-order chi connectivity index (χ0) is 14.6. The van der Waals surface area contributed by atoms with E-state index in [1.54, 1.807) is 0 Å². The molecular formula is C16H19N5. The number of nitrogens with zero attached hydrogens (tertiary/aromatic N) is 4. The third-order valence-electron chi connectivity index (χ3n) is 4.11. The Balaban J connectivity index is 2.03. The van der Waals surface area contributed by atoms with Gasteiger partial charge in [0.2, 0.25) is 0 Å². The lowest BCUT2D eigenvalue weighted by atomic mass is 10.2. The van der Waals surface area contributed by atoms with E-state index in [0.29, 0.717) is 5.92 Å². The second-order valence-corrected chi connectivity index (χ2v) is 5.82. The number of nitrogen functional groups attached to an aromatic ring is 1. The van der Waals surface area contributed by atoms with Crippen LogP contribution in [0.25, 0.3) is 16.7 Å². The van der Waals surface area contributed by atoms with Crippen LogP contribution < -0.4 is 5.73 Å². The van der Waals surface area contributed by atoms with Crippen LogP contribution >= 0.6 is 0 Å². The van der Waals surface area contributed by atoms with Crippen molar-refractivity contribution in [3.8, 4) is 5.69 Å². The highest BCUT2D eigenvalue weighted by Gasteiger charge is 2.31. The third-order valence-corrected chi connectivity index (χ3v) is 4.11. The van der Waals surface area contributed by atoms with E-state index < -0.39 is 0 Å². The first-order valence-electron chi connectivity index (χ1n) is 7.48. The molecule has 4 rings (SSSR count). The van der Waals surface area contributed by atoms with Crippen LogP contribution in [0.4, 0.5) is 5.69 Å². The van der Waals surface area contributed by atoms with Gasteiger partial charge in [0.25, 0.3) is 0 Å². The lowest BCUT2D eigenvalue weighted by molar-refractivity contribution is 0.746. The van der Waals surface area contributed by atoms with Gasteiger partial charge in [-0.1, -0.05) is 6.92 Å². The molecule has 0 amide bonds. The molecule has 1 aromatic carbocycles. The van der Waals surface area contributed by atoms with Crippen molar-refractivity contribution in [1.29, 1.82) is 0 Å². The third kappa shape index (κ3) is 1.92. The van der Waals surface area contributed by atoms with Crippen molar-refractivity contribution in [3.63, 3.8) is 0 Å². The maximum absolute atomic E-state index is 5.91. The van der Waals surface area contributed by atoms with Crippen LogP contribution in [0.5, 0.6) is 0 Å². The SMILES string of the molecule is CCc1nn(C)cc1-n1c(C2CC2)nc2cc(N)ccc21. The number of benzene rings is 1. The molecule has 108 valence electrons. The summed E-state index contributed by atoms with van der Waals surface area (Å²) in [5.41, 5.74) is 11.0. The van der Waals surface area contributed by atoms with E-state index >= 15 is 0 Å². The largest absolute Gasteiger partial charge is 0.399 e. The van der Waals surface area contributed by atoms with Gasteiger partial charge in [-0.05, 0) is 37.5 Å². The molecule has 3 aromatic rings. The van der Waals surface area contributed by atoms with Crippen LogP contribution in [-0.4, -0.2) is 19.3 Å². The molecule has 0 unspecified atom stereocenters. The van der Waals surface area contributed by atoms with Gasteiger partial charge in [0.1, 0.15) is 5.82 Å². The highest BCUT2D eigenvalue weighted by molar-refractivity contribution is 5.82. The normalized spacial score (nSPS) is 15.0. The van der Waals surface area contributed by atoms with Crippen molar-refractivity contribution >= 4 is 16.7 Å². The topological polar surface area (TPSA) is 61.7 Å². The molecule has 0 spiro atoms. The first kappa shape index (κ1) is 12.4. The molecule has 2 N–H and O–H groups in total. The van der Waals surface area contributed by atoms with Gasteiger partial charge in [-0.2, -0.15) is 5.10 Å². The molecule has 5 heteroatoms. The molecule has 1 aliphatic carbocycles. The minimum absolute atomic E-state index is 0.573. The Bertz CT molecular complexity index is 823. The van der Waals surface area contributed by atoms with Gasteiger partial charge < -0.3 is 5.73 Å². The first-order valence-corrected chi connectivity index (χ1v) is 7.48. The fourth-order valence-corrected chi connectivity index (χ4v) is 2.95. The summed E-state index contributed by atoms with van der Waals surface area (Å²) < 4.78 is 4.16. The molecule has 0 saturated heterocycles. The summed E-state index contributed by atoms with van der Waals surface area (Å²) >= 11 is 0. The average molecular weight is 281 g/mol. The van der Waals surface area contributed by atoms with E-state index in [0.717, 1.165) is 40.3 Å². The summed E-state index contributed by atoms with van der Waals surface area (Å²) in [4.78, 5) is 4.84. The number of hydrogen-bond acceptors (Lipinski definition) is 3. The Hall–Kier alpha value is -2.30. The number of imidazole rings is 1. The predicted molar refractivity (Wildman–Crippen MR) is 83.6 cm³/mol. The highest BCUT2D eigenvalue weighted by Crippen LogP contribution is 2.42. The van der Waals surface area contributed by atoms with Crippen molar-refractivity contribution in [3.05, 3.63) is 35.9 Å². The van der Waals surface area contributed by atoms with Crippen LogP contribution in [0.1, 0.15) is 37.2 Å². The van der Waals surface area contributed by atoms with E-state index in [-0.39, 0.29) is 0 Å². The van der Waals surface area contributed by atoms with Crippen molar-refractivity contribution < 1.29 is 0 Å². The van der Waals surface area contributed by atoms with E-state index in [1.165, 1.54) is 12.8 Å². The average Bonchev–Trinajstić information content (AvgIpc) is 3.14. The summed E-state index contributed by atoms with van der Waals surface area (Å²) in [6, 6.07) is 5.97. The standard InChI is InChI=1S/C16H19N5/c1-3-12-15(9-20(2)19-12)21-14-7-6-11(17)8-13(14)18-16(21)10-4-5-10/h6-10H,3-5,17H2,1-2H3. The Morgan fingerprint density at radius 1 is 1.33 bits per heavy atom. The molecule has 2 aromatic heterocycles. The lowest BCUT2D eigenvalue weighted by Gasteiger charge is -2.08. The predicted octanol–water partition coefficient (Wildman–Crippen LogP) is 2.78. The number of hydrogen-bond donors (Lipinski definition) is 1. The second kappa shape index (κ2) is 4.35. The van der Waals surface area contributed by atoms with E-state index in [1.807, 2.05) is 23.9 Å². The molecule has 1 aliphatic rings. The van der Waals surface area contributed by atoms with Crippen molar-refractivity contribution in [2.24, 2.45) is 7.05 Å². The second-order valence-electron chi connectivity index (χ2n) is 5.82. The first-order chi connectivity index (χ1) is 10.2. The quantitative estimate of drug-likeness (QED) is 0.751. The number of anilines is 1.